The lowest BCUT2D eigenvalue weighted by molar-refractivity contribution is -0.127. The summed E-state index contributed by atoms with van der Waals surface area (Å²) in [7, 11) is 0. The zero-order chi connectivity index (χ0) is 10.7. The molecule has 1 aliphatic rings. The van der Waals surface area contributed by atoms with Crippen molar-refractivity contribution in [2.24, 2.45) is 5.92 Å². The van der Waals surface area contributed by atoms with Crippen LogP contribution >= 0.6 is 11.3 Å². The van der Waals surface area contributed by atoms with Crippen LogP contribution in [0.5, 0.6) is 0 Å². The second kappa shape index (κ2) is 4.45. The van der Waals surface area contributed by atoms with Crippen LogP contribution in [0.4, 0.5) is 0 Å². The molecule has 0 saturated carbocycles. The molecule has 0 bridgehead atoms. The molecule has 1 fully saturated rings. The van der Waals surface area contributed by atoms with Gasteiger partial charge in [-0.25, -0.2) is 4.98 Å². The number of thiazole rings is 1. The molecule has 0 radical (unpaired) electrons. The van der Waals surface area contributed by atoms with Crippen LogP contribution in [-0.4, -0.2) is 28.9 Å². The van der Waals surface area contributed by atoms with Gasteiger partial charge in [-0.3, -0.25) is 4.79 Å². The van der Waals surface area contributed by atoms with Crippen LogP contribution in [0.3, 0.4) is 0 Å². The first kappa shape index (κ1) is 10.2. The Morgan fingerprint density at radius 3 is 3.20 bits per heavy atom. The summed E-state index contributed by atoms with van der Waals surface area (Å²) >= 11 is 1.58. The second-order valence-corrected chi connectivity index (χ2v) is 4.36. The number of rotatable bonds is 3. The Bertz CT molecular complexity index is 380. The molecule has 3 nitrogen and oxygen atoms in total. The summed E-state index contributed by atoms with van der Waals surface area (Å²) in [5, 5.41) is 2.01. The van der Waals surface area contributed by atoms with E-state index in [0.717, 1.165) is 18.7 Å². The fourth-order valence-corrected chi connectivity index (χ4v) is 2.30. The molecule has 1 aromatic heterocycles. The van der Waals surface area contributed by atoms with E-state index in [1.54, 1.807) is 11.3 Å². The molecule has 1 aromatic rings. The fourth-order valence-electron chi connectivity index (χ4n) is 1.71. The highest BCUT2D eigenvalue weighted by Gasteiger charge is 2.27. The lowest BCUT2D eigenvalue weighted by Gasteiger charge is -2.14. The quantitative estimate of drug-likeness (QED) is 0.716. The van der Waals surface area contributed by atoms with Crippen LogP contribution in [-0.2, 0) is 11.2 Å². The Morgan fingerprint density at radius 2 is 2.60 bits per heavy atom. The van der Waals surface area contributed by atoms with Crippen molar-refractivity contribution in [3.63, 3.8) is 0 Å². The zero-order valence-electron chi connectivity index (χ0n) is 8.35. The summed E-state index contributed by atoms with van der Waals surface area (Å²) in [4.78, 5) is 17.5. The molecule has 78 valence electrons. The third-order valence-corrected chi connectivity index (χ3v) is 3.21. The average Bonchev–Trinajstić information content (AvgIpc) is 2.84. The van der Waals surface area contributed by atoms with Crippen LogP contribution in [0.1, 0.15) is 12.1 Å². The average molecular weight is 220 g/mol. The van der Waals surface area contributed by atoms with Gasteiger partial charge >= 0.3 is 0 Å². The monoisotopic (exact) mass is 220 g/mol. The molecule has 2 rings (SSSR count). The summed E-state index contributed by atoms with van der Waals surface area (Å²) < 4.78 is 0. The van der Waals surface area contributed by atoms with E-state index in [4.69, 9.17) is 6.42 Å². The van der Waals surface area contributed by atoms with Crippen molar-refractivity contribution in [2.75, 3.05) is 13.1 Å². The first-order valence-electron chi connectivity index (χ1n) is 4.90. The van der Waals surface area contributed by atoms with Crippen molar-refractivity contribution in [3.8, 4) is 12.3 Å². The molecule has 0 N–H and O–H groups in total. The molecule has 1 unspecified atom stereocenters. The van der Waals surface area contributed by atoms with E-state index < -0.39 is 0 Å². The molecule has 2 heterocycles. The largest absolute Gasteiger partial charge is 0.341 e. The molecule has 1 amide bonds. The second-order valence-electron chi connectivity index (χ2n) is 3.64. The van der Waals surface area contributed by atoms with Gasteiger partial charge in [-0.15, -0.1) is 23.7 Å². The van der Waals surface area contributed by atoms with Crippen LogP contribution in [0.2, 0.25) is 0 Å². The molecule has 1 saturated heterocycles. The van der Waals surface area contributed by atoms with E-state index in [9.17, 15) is 4.79 Å². The predicted molar refractivity (Wildman–Crippen MR) is 59.3 cm³/mol. The standard InChI is InChI=1S/C11H12N2OS/c1-2-9-5-11(14)13(6-9)4-3-10-7-15-8-12-10/h1,7-9H,3-6H2. The van der Waals surface area contributed by atoms with E-state index in [-0.39, 0.29) is 11.8 Å². The van der Waals surface area contributed by atoms with Gasteiger partial charge in [0.25, 0.3) is 0 Å². The Labute approximate surface area is 93.1 Å². The van der Waals surface area contributed by atoms with Gasteiger partial charge in [-0.05, 0) is 0 Å². The molecule has 0 aliphatic carbocycles. The zero-order valence-corrected chi connectivity index (χ0v) is 9.17. The summed E-state index contributed by atoms with van der Waals surface area (Å²) in [5.74, 6) is 2.92. The number of aromatic nitrogens is 1. The van der Waals surface area contributed by atoms with Gasteiger partial charge in [0.1, 0.15) is 0 Å². The maximum Gasteiger partial charge on any atom is 0.223 e. The van der Waals surface area contributed by atoms with Crippen molar-refractivity contribution in [1.29, 1.82) is 0 Å². The lowest BCUT2D eigenvalue weighted by Crippen LogP contribution is -2.27. The minimum absolute atomic E-state index is 0.105. The maximum absolute atomic E-state index is 11.5. The van der Waals surface area contributed by atoms with E-state index in [2.05, 4.69) is 10.9 Å². The number of hydrogen-bond acceptors (Lipinski definition) is 3. The summed E-state index contributed by atoms with van der Waals surface area (Å²) in [5.41, 5.74) is 2.86. The number of carbonyl (C=O) groups excluding carboxylic acids is 1. The van der Waals surface area contributed by atoms with Gasteiger partial charge in [0.15, 0.2) is 0 Å². The number of hydrogen-bond donors (Lipinski definition) is 0. The third kappa shape index (κ3) is 2.37. The minimum Gasteiger partial charge on any atom is -0.341 e. The lowest BCUT2D eigenvalue weighted by atomic mass is 10.1. The minimum atomic E-state index is 0.105. The van der Waals surface area contributed by atoms with Crippen LogP contribution < -0.4 is 0 Å². The van der Waals surface area contributed by atoms with Crippen molar-refractivity contribution >= 4 is 17.2 Å². The molecule has 1 aliphatic heterocycles. The summed E-state index contributed by atoms with van der Waals surface area (Å²) in [6, 6.07) is 0. The smallest absolute Gasteiger partial charge is 0.223 e. The summed E-state index contributed by atoms with van der Waals surface area (Å²) in [6.07, 6.45) is 6.64. The van der Waals surface area contributed by atoms with Crippen LogP contribution in [0, 0.1) is 18.3 Å². The molecule has 4 heteroatoms. The van der Waals surface area contributed by atoms with E-state index in [0.29, 0.717) is 13.0 Å². The van der Waals surface area contributed by atoms with E-state index >= 15 is 0 Å². The molecule has 1 atom stereocenters. The van der Waals surface area contributed by atoms with Crippen LogP contribution in [0.15, 0.2) is 10.9 Å². The first-order valence-corrected chi connectivity index (χ1v) is 5.85. The van der Waals surface area contributed by atoms with Gasteiger partial charge in [0, 0.05) is 37.2 Å². The van der Waals surface area contributed by atoms with E-state index in [1.165, 1.54) is 0 Å². The Hall–Kier alpha value is -1.34. The molecular weight excluding hydrogens is 208 g/mol. The molecule has 0 spiro atoms. The van der Waals surface area contributed by atoms with Crippen molar-refractivity contribution in [1.82, 2.24) is 9.88 Å². The van der Waals surface area contributed by atoms with Gasteiger partial charge in [0.2, 0.25) is 5.91 Å². The highest BCUT2D eigenvalue weighted by Crippen LogP contribution is 2.17. The first-order chi connectivity index (χ1) is 7.29. The molecule has 15 heavy (non-hydrogen) atoms. The number of likely N-dealkylation sites (tertiary alicyclic amines) is 1. The highest BCUT2D eigenvalue weighted by atomic mass is 32.1. The topological polar surface area (TPSA) is 33.2 Å². The molecule has 0 aromatic carbocycles. The van der Waals surface area contributed by atoms with Crippen molar-refractivity contribution < 1.29 is 4.79 Å². The van der Waals surface area contributed by atoms with Gasteiger partial charge in [-0.2, -0.15) is 0 Å². The van der Waals surface area contributed by atoms with Crippen molar-refractivity contribution in [2.45, 2.75) is 12.8 Å². The van der Waals surface area contributed by atoms with Gasteiger partial charge < -0.3 is 4.90 Å². The van der Waals surface area contributed by atoms with E-state index in [1.807, 2.05) is 15.8 Å². The number of amides is 1. The number of carbonyl (C=O) groups is 1. The van der Waals surface area contributed by atoms with Crippen LogP contribution in [0.25, 0.3) is 0 Å². The Kier molecular flexibility index (Phi) is 3.02. The third-order valence-electron chi connectivity index (χ3n) is 2.57. The van der Waals surface area contributed by atoms with Gasteiger partial charge in [0.05, 0.1) is 11.2 Å². The summed E-state index contributed by atoms with van der Waals surface area (Å²) in [6.45, 7) is 1.44. The SMILES string of the molecule is C#CC1CC(=O)N(CCc2cscn2)C1. The normalized spacial score (nSPS) is 20.6. The number of terminal acetylenes is 1. The fraction of sp³-hybridized carbons (Fsp3) is 0.455. The predicted octanol–water partition coefficient (Wildman–Crippen LogP) is 1.17. The van der Waals surface area contributed by atoms with Crippen molar-refractivity contribution in [3.05, 3.63) is 16.6 Å². The maximum atomic E-state index is 11.5. The Balaban J connectivity index is 1.86. The highest BCUT2D eigenvalue weighted by molar-refractivity contribution is 7.07. The number of nitrogens with zero attached hydrogens (tertiary/aromatic N) is 2. The molecular formula is C11H12N2OS. The Morgan fingerprint density at radius 1 is 1.73 bits per heavy atom. The van der Waals surface area contributed by atoms with Gasteiger partial charge in [-0.1, -0.05) is 0 Å².